The molecule has 0 saturated heterocycles. The first-order chi connectivity index (χ1) is 10.4. The van der Waals surface area contributed by atoms with E-state index in [1.54, 1.807) is 6.92 Å². The zero-order valence-electron chi connectivity index (χ0n) is 13.2. The molecule has 0 amide bonds. The van der Waals surface area contributed by atoms with Gasteiger partial charge in [-0.25, -0.2) is 4.79 Å². The highest BCUT2D eigenvalue weighted by Gasteiger charge is 2.18. The third-order valence-electron chi connectivity index (χ3n) is 3.46. The molecule has 0 aromatic heterocycles. The Bertz CT molecular complexity index is 593. The van der Waals surface area contributed by atoms with E-state index in [0.717, 1.165) is 25.3 Å². The Balaban J connectivity index is 2.56. The summed E-state index contributed by atoms with van der Waals surface area (Å²) in [7, 11) is -3.89. The van der Waals surface area contributed by atoms with Crippen molar-refractivity contribution < 1.29 is 22.5 Å². The number of aryl methyl sites for hydroxylation is 1. The molecule has 0 spiro atoms. The quantitative estimate of drug-likeness (QED) is 0.522. The first-order valence-electron chi connectivity index (χ1n) is 7.62. The summed E-state index contributed by atoms with van der Waals surface area (Å²) in [5.74, 6) is -1.15. The first-order valence-corrected chi connectivity index (χ1v) is 9.02. The number of hydrogen-bond acceptors (Lipinski definition) is 4. The maximum absolute atomic E-state index is 12.0. The summed E-state index contributed by atoms with van der Waals surface area (Å²) in [5, 5.41) is 9.04. The van der Waals surface area contributed by atoms with E-state index >= 15 is 0 Å². The van der Waals surface area contributed by atoms with Gasteiger partial charge in [0.2, 0.25) is 0 Å². The molecular formula is C16H24O5S. The van der Waals surface area contributed by atoms with Gasteiger partial charge >= 0.3 is 5.97 Å². The molecule has 0 aliphatic heterocycles. The molecule has 0 saturated carbocycles. The van der Waals surface area contributed by atoms with Gasteiger partial charge in [-0.1, -0.05) is 45.1 Å². The Hall–Kier alpha value is -1.40. The van der Waals surface area contributed by atoms with Crippen LogP contribution in [0.3, 0.4) is 0 Å². The lowest BCUT2D eigenvalue weighted by molar-refractivity contribution is 0.0696. The van der Waals surface area contributed by atoms with E-state index in [0.29, 0.717) is 12.0 Å². The maximum Gasteiger partial charge on any atom is 0.335 e. The summed E-state index contributed by atoms with van der Waals surface area (Å²) in [5.41, 5.74) is 0.492. The van der Waals surface area contributed by atoms with Crippen LogP contribution in [0.15, 0.2) is 23.1 Å². The number of carboxylic acids is 1. The van der Waals surface area contributed by atoms with Gasteiger partial charge in [0, 0.05) is 0 Å². The lowest BCUT2D eigenvalue weighted by Gasteiger charge is -2.08. The number of carbonyl (C=O) groups is 1. The first kappa shape index (κ1) is 18.6. The molecule has 1 aromatic rings. The van der Waals surface area contributed by atoms with Gasteiger partial charge in [-0.2, -0.15) is 8.42 Å². The Labute approximate surface area is 132 Å². The summed E-state index contributed by atoms with van der Waals surface area (Å²) in [6.45, 7) is 3.89. The van der Waals surface area contributed by atoms with E-state index < -0.39 is 16.1 Å². The lowest BCUT2D eigenvalue weighted by Crippen LogP contribution is -2.10. The summed E-state index contributed by atoms with van der Waals surface area (Å²) in [4.78, 5) is 10.9. The van der Waals surface area contributed by atoms with Crippen molar-refractivity contribution >= 4 is 16.1 Å². The van der Waals surface area contributed by atoms with Crippen LogP contribution in [0, 0.1) is 6.92 Å². The number of hydrogen-bond donors (Lipinski definition) is 1. The second-order valence-corrected chi connectivity index (χ2v) is 6.94. The Kier molecular flexibility index (Phi) is 7.55. The molecule has 6 heteroatoms. The van der Waals surface area contributed by atoms with Crippen LogP contribution >= 0.6 is 0 Å². The minimum absolute atomic E-state index is 0.0239. The number of aromatic carboxylic acids is 1. The van der Waals surface area contributed by atoms with Crippen molar-refractivity contribution in [2.45, 2.75) is 57.3 Å². The van der Waals surface area contributed by atoms with Crippen molar-refractivity contribution in [3.8, 4) is 0 Å². The highest BCUT2D eigenvalue weighted by Crippen LogP contribution is 2.18. The van der Waals surface area contributed by atoms with Gasteiger partial charge in [0.05, 0.1) is 17.1 Å². The Morgan fingerprint density at radius 2 is 1.77 bits per heavy atom. The lowest BCUT2D eigenvalue weighted by atomic mass is 10.1. The monoisotopic (exact) mass is 328 g/mol. The van der Waals surface area contributed by atoms with Crippen molar-refractivity contribution in [2.75, 3.05) is 6.61 Å². The number of rotatable bonds is 10. The van der Waals surface area contributed by atoms with Crippen LogP contribution < -0.4 is 0 Å². The predicted molar refractivity (Wildman–Crippen MR) is 84.7 cm³/mol. The zero-order chi connectivity index (χ0) is 16.6. The summed E-state index contributed by atoms with van der Waals surface area (Å²) < 4.78 is 29.1. The largest absolute Gasteiger partial charge is 0.478 e. The molecule has 0 atom stereocenters. The molecule has 0 bridgehead atoms. The molecule has 0 heterocycles. The van der Waals surface area contributed by atoms with Crippen molar-refractivity contribution in [3.63, 3.8) is 0 Å². The van der Waals surface area contributed by atoms with Crippen molar-refractivity contribution in [1.82, 2.24) is 0 Å². The molecule has 0 radical (unpaired) electrons. The van der Waals surface area contributed by atoms with E-state index in [1.807, 2.05) is 0 Å². The SMILES string of the molecule is CCCCCCCCOS(=O)(=O)c1ccc(C)c(C(=O)O)c1. The third-order valence-corrected chi connectivity index (χ3v) is 4.77. The molecule has 0 fully saturated rings. The normalized spacial score (nSPS) is 11.5. The van der Waals surface area contributed by atoms with Gasteiger partial charge in [0.15, 0.2) is 0 Å². The maximum atomic E-state index is 12.0. The minimum Gasteiger partial charge on any atom is -0.478 e. The van der Waals surface area contributed by atoms with Crippen molar-refractivity contribution in [3.05, 3.63) is 29.3 Å². The van der Waals surface area contributed by atoms with Gasteiger partial charge in [0.25, 0.3) is 10.1 Å². The molecule has 1 aromatic carbocycles. The molecule has 0 unspecified atom stereocenters. The zero-order valence-corrected chi connectivity index (χ0v) is 14.0. The standard InChI is InChI=1S/C16H24O5S/c1-3-4-5-6-7-8-11-21-22(19,20)14-10-9-13(2)15(12-14)16(17)18/h9-10,12H,3-8,11H2,1-2H3,(H,17,18). The molecular weight excluding hydrogens is 304 g/mol. The molecule has 0 aliphatic rings. The van der Waals surface area contributed by atoms with Crippen LogP contribution in [-0.2, 0) is 14.3 Å². The van der Waals surface area contributed by atoms with E-state index in [1.165, 1.54) is 25.0 Å². The summed E-state index contributed by atoms with van der Waals surface area (Å²) >= 11 is 0. The number of benzene rings is 1. The molecule has 22 heavy (non-hydrogen) atoms. The molecule has 124 valence electrons. The average molecular weight is 328 g/mol. The third kappa shape index (κ3) is 5.77. The van der Waals surface area contributed by atoms with Crippen LogP contribution in [0.2, 0.25) is 0 Å². The fourth-order valence-corrected chi connectivity index (χ4v) is 3.08. The Morgan fingerprint density at radius 1 is 1.14 bits per heavy atom. The number of unbranched alkanes of at least 4 members (excludes halogenated alkanes) is 5. The van der Waals surface area contributed by atoms with Gasteiger partial charge in [0.1, 0.15) is 0 Å². The predicted octanol–water partition coefficient (Wildman–Crippen LogP) is 3.76. The van der Waals surface area contributed by atoms with Crippen LogP contribution in [-0.4, -0.2) is 26.1 Å². The van der Waals surface area contributed by atoms with E-state index in [4.69, 9.17) is 9.29 Å². The Morgan fingerprint density at radius 3 is 2.41 bits per heavy atom. The fraction of sp³-hybridized carbons (Fsp3) is 0.562. The second kappa shape index (κ2) is 8.90. The van der Waals surface area contributed by atoms with Gasteiger partial charge < -0.3 is 5.11 Å². The second-order valence-electron chi connectivity index (χ2n) is 5.33. The molecule has 1 rings (SSSR count). The molecule has 5 nitrogen and oxygen atoms in total. The van der Waals surface area contributed by atoms with Crippen molar-refractivity contribution in [1.29, 1.82) is 0 Å². The highest BCUT2D eigenvalue weighted by molar-refractivity contribution is 7.86. The van der Waals surface area contributed by atoms with Crippen LogP contribution in [0.4, 0.5) is 0 Å². The summed E-state index contributed by atoms with van der Waals surface area (Å²) in [6.07, 6.45) is 6.21. The van der Waals surface area contributed by atoms with E-state index in [9.17, 15) is 13.2 Å². The fourth-order valence-electron chi connectivity index (χ4n) is 2.11. The number of carboxylic acid groups (broad SMARTS) is 1. The van der Waals surface area contributed by atoms with Gasteiger partial charge in [-0.3, -0.25) is 4.18 Å². The minimum atomic E-state index is -3.89. The van der Waals surface area contributed by atoms with Crippen LogP contribution in [0.5, 0.6) is 0 Å². The van der Waals surface area contributed by atoms with Crippen LogP contribution in [0.1, 0.15) is 61.4 Å². The van der Waals surface area contributed by atoms with Gasteiger partial charge in [-0.05, 0) is 31.0 Å². The average Bonchev–Trinajstić information content (AvgIpc) is 2.46. The van der Waals surface area contributed by atoms with Gasteiger partial charge in [-0.15, -0.1) is 0 Å². The van der Waals surface area contributed by atoms with Crippen LogP contribution in [0.25, 0.3) is 0 Å². The molecule has 1 N–H and O–H groups in total. The molecule has 0 aliphatic carbocycles. The van der Waals surface area contributed by atoms with E-state index in [-0.39, 0.29) is 17.1 Å². The van der Waals surface area contributed by atoms with E-state index in [2.05, 4.69) is 6.92 Å². The van der Waals surface area contributed by atoms with Crippen molar-refractivity contribution in [2.24, 2.45) is 0 Å². The summed E-state index contributed by atoms with van der Waals surface area (Å²) in [6, 6.07) is 4.00. The topological polar surface area (TPSA) is 80.7 Å². The highest BCUT2D eigenvalue weighted by atomic mass is 32.2. The smallest absolute Gasteiger partial charge is 0.335 e.